The molecule has 4 nitrogen and oxygen atoms in total. The van der Waals surface area contributed by atoms with E-state index in [-0.39, 0.29) is 5.56 Å². The molecule has 1 heterocycles. The number of benzene rings is 2. The summed E-state index contributed by atoms with van der Waals surface area (Å²) in [6, 6.07) is 15.6. The van der Waals surface area contributed by atoms with Crippen LogP contribution in [0.25, 0.3) is 0 Å². The Morgan fingerprint density at radius 3 is 2.36 bits per heavy atom. The van der Waals surface area contributed by atoms with Crippen molar-refractivity contribution in [1.29, 1.82) is 0 Å². The number of hydrogen-bond donors (Lipinski definition) is 0. The zero-order valence-electron chi connectivity index (χ0n) is 14.4. The molecule has 1 unspecified atom stereocenters. The van der Waals surface area contributed by atoms with Gasteiger partial charge < -0.3 is 9.64 Å². The van der Waals surface area contributed by atoms with Crippen LogP contribution in [-0.2, 0) is 4.74 Å². The van der Waals surface area contributed by atoms with Crippen molar-refractivity contribution in [3.05, 3.63) is 71.5 Å². The van der Waals surface area contributed by atoms with Crippen LogP contribution in [0.2, 0.25) is 0 Å². The quantitative estimate of drug-likeness (QED) is 0.782. The van der Waals surface area contributed by atoms with Crippen LogP contribution in [-0.4, -0.2) is 55.5 Å². The van der Waals surface area contributed by atoms with E-state index in [1.54, 1.807) is 12.1 Å². The number of likely N-dealkylation sites (N-methyl/N-ethyl adjacent to an activating group) is 1. The van der Waals surface area contributed by atoms with Gasteiger partial charge in [0.05, 0.1) is 5.56 Å². The zero-order valence-corrected chi connectivity index (χ0v) is 14.4. The van der Waals surface area contributed by atoms with E-state index in [0.29, 0.717) is 6.54 Å². The average molecular weight is 342 g/mol. The third-order valence-corrected chi connectivity index (χ3v) is 4.53. The van der Waals surface area contributed by atoms with Crippen LogP contribution in [0.5, 0.6) is 0 Å². The summed E-state index contributed by atoms with van der Waals surface area (Å²) < 4.78 is 19.6. The second kappa shape index (κ2) is 8.23. The van der Waals surface area contributed by atoms with E-state index in [2.05, 4.69) is 16.8 Å². The van der Waals surface area contributed by atoms with Crippen LogP contribution in [0.4, 0.5) is 4.39 Å². The Morgan fingerprint density at radius 1 is 1.04 bits per heavy atom. The molecule has 0 bridgehead atoms. The Hall–Kier alpha value is -2.24. The molecule has 1 atom stereocenters. The third kappa shape index (κ3) is 4.65. The second-order valence-corrected chi connectivity index (χ2v) is 6.39. The highest BCUT2D eigenvalue weighted by Crippen LogP contribution is 2.22. The minimum atomic E-state index is -0.624. The van der Waals surface area contributed by atoms with Crippen molar-refractivity contribution in [3.8, 4) is 0 Å². The molecule has 1 aliphatic rings. The number of piperazine rings is 1. The molecule has 2 aromatic rings. The summed E-state index contributed by atoms with van der Waals surface area (Å²) in [5, 5.41) is 0. The van der Waals surface area contributed by atoms with E-state index >= 15 is 0 Å². The van der Waals surface area contributed by atoms with Crippen molar-refractivity contribution in [3.63, 3.8) is 0 Å². The standard InChI is InChI=1S/C20H23FN2O2/c1-22-11-13-23(14-12-22)15-19(16-7-3-2-4-8-16)25-20(24)17-9-5-6-10-18(17)21/h2-10,19H,11-15H2,1H3. The van der Waals surface area contributed by atoms with Gasteiger partial charge in [0.2, 0.25) is 0 Å². The van der Waals surface area contributed by atoms with E-state index in [1.165, 1.54) is 12.1 Å². The van der Waals surface area contributed by atoms with Crippen molar-refractivity contribution in [2.45, 2.75) is 6.10 Å². The van der Waals surface area contributed by atoms with Gasteiger partial charge in [-0.2, -0.15) is 0 Å². The number of hydrogen-bond acceptors (Lipinski definition) is 4. The Balaban J connectivity index is 1.75. The SMILES string of the molecule is CN1CCN(CC(OC(=O)c2ccccc2F)c2ccccc2)CC1. The first-order chi connectivity index (χ1) is 12.1. The van der Waals surface area contributed by atoms with Gasteiger partial charge in [-0.15, -0.1) is 0 Å². The van der Waals surface area contributed by atoms with Gasteiger partial charge in [-0.1, -0.05) is 42.5 Å². The summed E-state index contributed by atoms with van der Waals surface area (Å²) in [6.45, 7) is 4.44. The Bertz CT molecular complexity index is 700. The van der Waals surface area contributed by atoms with Gasteiger partial charge in [0.25, 0.3) is 0 Å². The molecule has 1 saturated heterocycles. The molecule has 0 radical (unpaired) electrons. The summed E-state index contributed by atoms with van der Waals surface area (Å²) in [7, 11) is 2.10. The zero-order chi connectivity index (χ0) is 17.6. The van der Waals surface area contributed by atoms with E-state index in [4.69, 9.17) is 4.74 Å². The Labute approximate surface area is 147 Å². The van der Waals surface area contributed by atoms with Crippen molar-refractivity contribution >= 4 is 5.97 Å². The first kappa shape index (κ1) is 17.6. The number of carbonyl (C=O) groups is 1. The van der Waals surface area contributed by atoms with Gasteiger partial charge in [0, 0.05) is 32.7 Å². The summed E-state index contributed by atoms with van der Waals surface area (Å²) in [4.78, 5) is 17.0. The van der Waals surface area contributed by atoms with Gasteiger partial charge in [0.1, 0.15) is 11.9 Å². The van der Waals surface area contributed by atoms with Crippen molar-refractivity contribution in [2.75, 3.05) is 39.8 Å². The molecule has 0 aromatic heterocycles. The number of ether oxygens (including phenoxy) is 1. The van der Waals surface area contributed by atoms with Crippen LogP contribution in [0.1, 0.15) is 22.0 Å². The van der Waals surface area contributed by atoms with E-state index in [9.17, 15) is 9.18 Å². The fraction of sp³-hybridized carbons (Fsp3) is 0.350. The lowest BCUT2D eigenvalue weighted by Gasteiger charge is -2.34. The van der Waals surface area contributed by atoms with Crippen molar-refractivity contribution in [2.24, 2.45) is 0 Å². The molecule has 0 aliphatic carbocycles. The van der Waals surface area contributed by atoms with Gasteiger partial charge in [-0.25, -0.2) is 9.18 Å². The molecule has 0 amide bonds. The monoisotopic (exact) mass is 342 g/mol. The van der Waals surface area contributed by atoms with Crippen LogP contribution in [0.15, 0.2) is 54.6 Å². The van der Waals surface area contributed by atoms with Crippen molar-refractivity contribution in [1.82, 2.24) is 9.80 Å². The number of rotatable bonds is 5. The molecule has 0 saturated carbocycles. The fourth-order valence-corrected chi connectivity index (χ4v) is 2.96. The number of nitrogens with zero attached hydrogens (tertiary/aromatic N) is 2. The smallest absolute Gasteiger partial charge is 0.341 e. The highest BCUT2D eigenvalue weighted by Gasteiger charge is 2.24. The molecule has 25 heavy (non-hydrogen) atoms. The van der Waals surface area contributed by atoms with E-state index in [1.807, 2.05) is 30.3 Å². The van der Waals surface area contributed by atoms with Crippen LogP contribution < -0.4 is 0 Å². The first-order valence-electron chi connectivity index (χ1n) is 8.55. The molecule has 1 fully saturated rings. The fourth-order valence-electron chi connectivity index (χ4n) is 2.96. The molecule has 5 heteroatoms. The Kier molecular flexibility index (Phi) is 5.79. The minimum absolute atomic E-state index is 0.0261. The van der Waals surface area contributed by atoms with E-state index in [0.717, 1.165) is 31.7 Å². The molecular formula is C20H23FN2O2. The minimum Gasteiger partial charge on any atom is -0.452 e. The summed E-state index contributed by atoms with van der Waals surface area (Å²) in [6.07, 6.45) is -0.420. The lowest BCUT2D eigenvalue weighted by Crippen LogP contribution is -2.46. The molecule has 0 N–H and O–H groups in total. The topological polar surface area (TPSA) is 32.8 Å². The van der Waals surface area contributed by atoms with Gasteiger partial charge in [0.15, 0.2) is 0 Å². The maximum atomic E-state index is 13.9. The van der Waals surface area contributed by atoms with Crippen molar-refractivity contribution < 1.29 is 13.9 Å². The Morgan fingerprint density at radius 2 is 1.68 bits per heavy atom. The number of esters is 1. The molecular weight excluding hydrogens is 319 g/mol. The second-order valence-electron chi connectivity index (χ2n) is 6.39. The number of carbonyl (C=O) groups excluding carboxylic acids is 1. The lowest BCUT2D eigenvalue weighted by molar-refractivity contribution is 0.0143. The van der Waals surface area contributed by atoms with E-state index < -0.39 is 17.9 Å². The maximum Gasteiger partial charge on any atom is 0.341 e. The largest absolute Gasteiger partial charge is 0.452 e. The summed E-state index contributed by atoms with van der Waals surface area (Å²) in [5.41, 5.74) is 0.896. The molecule has 2 aromatic carbocycles. The van der Waals surface area contributed by atoms with Crippen LogP contribution in [0.3, 0.4) is 0 Å². The molecule has 132 valence electrons. The average Bonchev–Trinajstić information content (AvgIpc) is 2.64. The predicted molar refractivity (Wildman–Crippen MR) is 94.9 cm³/mol. The highest BCUT2D eigenvalue weighted by molar-refractivity contribution is 5.89. The van der Waals surface area contributed by atoms with Gasteiger partial charge in [-0.3, -0.25) is 4.90 Å². The van der Waals surface area contributed by atoms with Crippen LogP contribution >= 0.6 is 0 Å². The summed E-state index contributed by atoms with van der Waals surface area (Å²) in [5.74, 6) is -1.18. The highest BCUT2D eigenvalue weighted by atomic mass is 19.1. The summed E-state index contributed by atoms with van der Waals surface area (Å²) >= 11 is 0. The van der Waals surface area contributed by atoms with Crippen LogP contribution in [0, 0.1) is 5.82 Å². The predicted octanol–water partition coefficient (Wildman–Crippen LogP) is 2.97. The molecule has 1 aliphatic heterocycles. The normalized spacial score (nSPS) is 17.2. The lowest BCUT2D eigenvalue weighted by atomic mass is 10.1. The maximum absolute atomic E-state index is 13.9. The van der Waals surface area contributed by atoms with Gasteiger partial charge in [-0.05, 0) is 24.7 Å². The first-order valence-corrected chi connectivity index (χ1v) is 8.55. The molecule has 3 rings (SSSR count). The van der Waals surface area contributed by atoms with Gasteiger partial charge >= 0.3 is 5.97 Å². The third-order valence-electron chi connectivity index (χ3n) is 4.53. The number of halogens is 1. The molecule has 0 spiro atoms.